The van der Waals surface area contributed by atoms with Crippen LogP contribution >= 0.6 is 0 Å². The van der Waals surface area contributed by atoms with Gasteiger partial charge in [-0.2, -0.15) is 5.10 Å². The maximum atomic E-state index is 12.0. The number of methoxy groups -OCH3 is 1. The highest BCUT2D eigenvalue weighted by Gasteiger charge is 2.17. The van der Waals surface area contributed by atoms with Crippen LogP contribution in [0.1, 0.15) is 11.3 Å². The molecule has 2 amide bonds. The molecule has 0 atom stereocenters. The van der Waals surface area contributed by atoms with Gasteiger partial charge in [-0.25, -0.2) is 5.43 Å². The van der Waals surface area contributed by atoms with E-state index in [-0.39, 0.29) is 11.4 Å². The zero-order valence-electron chi connectivity index (χ0n) is 16.6. The van der Waals surface area contributed by atoms with Crippen LogP contribution in [-0.4, -0.2) is 30.1 Å². The average molecular weight is 422 g/mol. The number of nitrogens with one attached hydrogen (secondary N) is 2. The number of amides is 2. The molecule has 0 aliphatic rings. The third kappa shape index (κ3) is 4.93. The molecule has 0 aliphatic heterocycles. The summed E-state index contributed by atoms with van der Waals surface area (Å²) in [7, 11) is 1.45. The molecule has 0 saturated carbocycles. The highest BCUT2D eigenvalue weighted by atomic mass is 16.6. The van der Waals surface area contributed by atoms with Crippen LogP contribution < -0.4 is 15.5 Å². The minimum atomic E-state index is -0.983. The molecule has 0 unspecified atom stereocenters. The fourth-order valence-electron chi connectivity index (χ4n) is 2.79. The maximum absolute atomic E-state index is 12.0. The average Bonchev–Trinajstić information content (AvgIpc) is 3.22. The van der Waals surface area contributed by atoms with Gasteiger partial charge in [-0.1, -0.05) is 24.3 Å². The van der Waals surface area contributed by atoms with Crippen molar-refractivity contribution in [1.29, 1.82) is 0 Å². The largest absolute Gasteiger partial charge is 0.495 e. The fraction of sp³-hybridized carbons (Fsp3) is 0.0952. The van der Waals surface area contributed by atoms with Gasteiger partial charge >= 0.3 is 11.8 Å². The molecule has 0 saturated heterocycles. The lowest BCUT2D eigenvalue weighted by molar-refractivity contribution is -0.385. The van der Waals surface area contributed by atoms with Gasteiger partial charge in [0.1, 0.15) is 17.3 Å². The number of anilines is 1. The Kier molecular flexibility index (Phi) is 6.41. The van der Waals surface area contributed by atoms with Crippen molar-refractivity contribution in [3.8, 4) is 17.1 Å². The summed E-state index contributed by atoms with van der Waals surface area (Å²) in [5.41, 5.74) is 3.46. The van der Waals surface area contributed by atoms with Crippen LogP contribution in [0.2, 0.25) is 0 Å². The Labute approximate surface area is 176 Å². The number of nitro benzene ring substituents is 1. The normalized spacial score (nSPS) is 10.6. The molecular formula is C21H18N4O6. The van der Waals surface area contributed by atoms with E-state index in [9.17, 15) is 19.7 Å². The number of nitro groups is 1. The Morgan fingerprint density at radius 2 is 1.87 bits per heavy atom. The third-order valence-corrected chi connectivity index (χ3v) is 4.31. The Morgan fingerprint density at radius 3 is 2.61 bits per heavy atom. The Balaban J connectivity index is 1.64. The molecule has 10 nitrogen and oxygen atoms in total. The SMILES string of the molecule is COc1ccccc1NC(=O)C(=O)N/N=C/c1ccc(-c2cccc([N+](=O)[O-])c2C)o1. The van der Waals surface area contributed by atoms with Gasteiger partial charge in [-0.15, -0.1) is 0 Å². The number of benzene rings is 2. The van der Waals surface area contributed by atoms with Crippen LogP contribution in [0, 0.1) is 17.0 Å². The van der Waals surface area contributed by atoms with Gasteiger partial charge in [0.25, 0.3) is 5.69 Å². The molecule has 2 N–H and O–H groups in total. The number of hydrogen-bond donors (Lipinski definition) is 2. The van der Waals surface area contributed by atoms with Gasteiger partial charge in [-0.05, 0) is 31.2 Å². The molecule has 0 spiro atoms. The van der Waals surface area contributed by atoms with Crippen LogP contribution in [0.5, 0.6) is 5.75 Å². The molecule has 1 heterocycles. The molecule has 158 valence electrons. The predicted octanol–water partition coefficient (Wildman–Crippen LogP) is 3.26. The monoisotopic (exact) mass is 422 g/mol. The first-order valence-corrected chi connectivity index (χ1v) is 9.02. The van der Waals surface area contributed by atoms with E-state index in [2.05, 4.69) is 15.8 Å². The highest BCUT2D eigenvalue weighted by Crippen LogP contribution is 2.30. The van der Waals surface area contributed by atoms with E-state index in [4.69, 9.17) is 9.15 Å². The van der Waals surface area contributed by atoms with Crippen LogP contribution in [0.4, 0.5) is 11.4 Å². The summed E-state index contributed by atoms with van der Waals surface area (Å²) in [6, 6.07) is 14.5. The van der Waals surface area contributed by atoms with E-state index in [0.717, 1.165) is 0 Å². The lowest BCUT2D eigenvalue weighted by atomic mass is 10.1. The molecule has 0 radical (unpaired) electrons. The van der Waals surface area contributed by atoms with Crippen LogP contribution in [0.25, 0.3) is 11.3 Å². The van der Waals surface area contributed by atoms with Crippen molar-refractivity contribution in [3.63, 3.8) is 0 Å². The number of nitrogens with zero attached hydrogens (tertiary/aromatic N) is 2. The smallest absolute Gasteiger partial charge is 0.329 e. The summed E-state index contributed by atoms with van der Waals surface area (Å²) in [4.78, 5) is 34.6. The predicted molar refractivity (Wildman–Crippen MR) is 113 cm³/mol. The van der Waals surface area contributed by atoms with E-state index in [1.807, 2.05) is 0 Å². The second kappa shape index (κ2) is 9.35. The third-order valence-electron chi connectivity index (χ3n) is 4.31. The van der Waals surface area contributed by atoms with E-state index >= 15 is 0 Å². The van der Waals surface area contributed by atoms with Crippen molar-refractivity contribution in [2.24, 2.45) is 5.10 Å². The second-order valence-corrected chi connectivity index (χ2v) is 6.26. The van der Waals surface area contributed by atoms with Crippen molar-refractivity contribution in [1.82, 2.24) is 5.43 Å². The Morgan fingerprint density at radius 1 is 1.10 bits per heavy atom. The van der Waals surface area contributed by atoms with E-state index in [1.54, 1.807) is 55.5 Å². The zero-order valence-corrected chi connectivity index (χ0v) is 16.6. The lowest BCUT2D eigenvalue weighted by Gasteiger charge is -2.08. The molecule has 3 rings (SSSR count). The number of ether oxygens (including phenoxy) is 1. The van der Waals surface area contributed by atoms with E-state index in [1.165, 1.54) is 19.4 Å². The number of carbonyl (C=O) groups is 2. The molecule has 1 aromatic heterocycles. The van der Waals surface area contributed by atoms with Crippen LogP contribution in [0.3, 0.4) is 0 Å². The van der Waals surface area contributed by atoms with Gasteiger partial charge in [0.2, 0.25) is 0 Å². The summed E-state index contributed by atoms with van der Waals surface area (Å²) >= 11 is 0. The first-order chi connectivity index (χ1) is 14.9. The molecule has 10 heteroatoms. The lowest BCUT2D eigenvalue weighted by Crippen LogP contribution is -2.32. The standard InChI is InChI=1S/C21H18N4O6/c1-13-15(6-5-8-17(13)25(28)29)18-11-10-14(31-18)12-22-24-21(27)20(26)23-16-7-3-4-9-19(16)30-2/h3-12H,1-2H3,(H,23,26)(H,24,27)/b22-12+. The fourth-order valence-corrected chi connectivity index (χ4v) is 2.79. The van der Waals surface area contributed by atoms with Crippen molar-refractivity contribution in [3.05, 3.63) is 76.0 Å². The molecule has 0 aliphatic carbocycles. The summed E-state index contributed by atoms with van der Waals surface area (Å²) in [5.74, 6) is -0.807. The molecule has 0 fully saturated rings. The minimum Gasteiger partial charge on any atom is -0.495 e. The summed E-state index contributed by atoms with van der Waals surface area (Å²) in [5, 5.41) is 17.2. The van der Waals surface area contributed by atoms with Crippen molar-refractivity contribution in [2.75, 3.05) is 12.4 Å². The maximum Gasteiger partial charge on any atom is 0.329 e. The van der Waals surface area contributed by atoms with E-state index < -0.39 is 16.7 Å². The topological polar surface area (TPSA) is 136 Å². The van der Waals surface area contributed by atoms with Gasteiger partial charge < -0.3 is 14.5 Å². The zero-order chi connectivity index (χ0) is 22.4. The first-order valence-electron chi connectivity index (χ1n) is 9.02. The van der Waals surface area contributed by atoms with Crippen molar-refractivity contribution >= 4 is 29.4 Å². The minimum absolute atomic E-state index is 0.0163. The number of furan rings is 1. The number of carbonyl (C=O) groups excluding carboxylic acids is 2. The molecule has 0 bridgehead atoms. The molecule has 2 aromatic carbocycles. The first kappa shape index (κ1) is 21.2. The van der Waals surface area contributed by atoms with Crippen molar-refractivity contribution in [2.45, 2.75) is 6.92 Å². The van der Waals surface area contributed by atoms with E-state index in [0.29, 0.717) is 28.3 Å². The van der Waals surface area contributed by atoms with Crippen molar-refractivity contribution < 1.29 is 23.7 Å². The number of hydrogen-bond acceptors (Lipinski definition) is 7. The second-order valence-electron chi connectivity index (χ2n) is 6.26. The van der Waals surface area contributed by atoms with Crippen LogP contribution in [0.15, 0.2) is 64.1 Å². The van der Waals surface area contributed by atoms with Gasteiger partial charge in [0.15, 0.2) is 0 Å². The molecule has 31 heavy (non-hydrogen) atoms. The van der Waals surface area contributed by atoms with Gasteiger partial charge in [-0.3, -0.25) is 19.7 Å². The number of rotatable bonds is 6. The highest BCUT2D eigenvalue weighted by molar-refractivity contribution is 6.39. The summed E-state index contributed by atoms with van der Waals surface area (Å²) < 4.78 is 10.7. The number of hydrazone groups is 1. The summed E-state index contributed by atoms with van der Waals surface area (Å²) in [6.07, 6.45) is 1.21. The number of para-hydroxylation sites is 2. The Hall–Kier alpha value is -4.47. The quantitative estimate of drug-likeness (QED) is 0.271. The Bertz CT molecular complexity index is 1170. The van der Waals surface area contributed by atoms with Gasteiger partial charge in [0, 0.05) is 17.2 Å². The molecule has 3 aromatic rings. The van der Waals surface area contributed by atoms with Crippen LogP contribution in [-0.2, 0) is 9.59 Å². The van der Waals surface area contributed by atoms with Gasteiger partial charge in [0.05, 0.1) is 23.9 Å². The summed E-state index contributed by atoms with van der Waals surface area (Å²) in [6.45, 7) is 1.63. The molecular weight excluding hydrogens is 404 g/mol.